The number of nitrogens with one attached hydrogen (secondary N) is 1. The first-order valence-electron chi connectivity index (χ1n) is 7.87. The number of rotatable bonds is 5. The van der Waals surface area contributed by atoms with Crippen molar-refractivity contribution in [3.8, 4) is 11.5 Å². The van der Waals surface area contributed by atoms with Gasteiger partial charge in [0.15, 0.2) is 0 Å². The highest BCUT2D eigenvalue weighted by Crippen LogP contribution is 2.48. The largest absolute Gasteiger partial charge is 0.497 e. The molecule has 2 rings (SSSR count). The van der Waals surface area contributed by atoms with E-state index in [2.05, 4.69) is 31.3 Å². The molecule has 1 aliphatic rings. The molecule has 1 aromatic rings. The van der Waals surface area contributed by atoms with Crippen LogP contribution >= 0.6 is 0 Å². The van der Waals surface area contributed by atoms with Gasteiger partial charge in [-0.1, -0.05) is 19.9 Å². The van der Waals surface area contributed by atoms with Crippen molar-refractivity contribution in [2.45, 2.75) is 39.0 Å². The van der Waals surface area contributed by atoms with Gasteiger partial charge in [0, 0.05) is 6.07 Å². The lowest BCUT2D eigenvalue weighted by Gasteiger charge is -2.41. The summed E-state index contributed by atoms with van der Waals surface area (Å²) in [5.74, 6) is 3.03. The van der Waals surface area contributed by atoms with Crippen LogP contribution in [0.2, 0.25) is 0 Å². The van der Waals surface area contributed by atoms with E-state index in [4.69, 9.17) is 9.47 Å². The minimum Gasteiger partial charge on any atom is -0.497 e. The van der Waals surface area contributed by atoms with E-state index in [0.717, 1.165) is 18.0 Å². The van der Waals surface area contributed by atoms with Crippen molar-refractivity contribution in [2.24, 2.45) is 11.3 Å². The van der Waals surface area contributed by atoms with E-state index in [9.17, 15) is 0 Å². The summed E-state index contributed by atoms with van der Waals surface area (Å²) in [6.07, 6.45) is 3.78. The third-order valence-electron chi connectivity index (χ3n) is 4.84. The predicted molar refractivity (Wildman–Crippen MR) is 87.3 cm³/mol. The lowest BCUT2D eigenvalue weighted by Crippen LogP contribution is -2.34. The molecule has 0 bridgehead atoms. The quantitative estimate of drug-likeness (QED) is 0.894. The maximum atomic E-state index is 5.64. The van der Waals surface area contributed by atoms with Gasteiger partial charge >= 0.3 is 0 Å². The smallest absolute Gasteiger partial charge is 0.126 e. The van der Waals surface area contributed by atoms with E-state index in [0.29, 0.717) is 17.3 Å². The SMILES string of the molecule is CNCC1CCC(C)(C)CC1c1ccc(OC)cc1OC. The zero-order valence-corrected chi connectivity index (χ0v) is 14.0. The van der Waals surface area contributed by atoms with Crippen molar-refractivity contribution in [2.75, 3.05) is 27.8 Å². The van der Waals surface area contributed by atoms with Crippen LogP contribution < -0.4 is 14.8 Å². The highest BCUT2D eigenvalue weighted by atomic mass is 16.5. The van der Waals surface area contributed by atoms with E-state index in [1.165, 1.54) is 24.8 Å². The Balaban J connectivity index is 2.35. The molecule has 0 heterocycles. The van der Waals surface area contributed by atoms with Crippen LogP contribution in [0, 0.1) is 11.3 Å². The van der Waals surface area contributed by atoms with Gasteiger partial charge in [-0.05, 0) is 61.7 Å². The summed E-state index contributed by atoms with van der Waals surface area (Å²) in [5, 5.41) is 3.36. The molecule has 3 heteroatoms. The van der Waals surface area contributed by atoms with Gasteiger partial charge in [0.05, 0.1) is 14.2 Å². The van der Waals surface area contributed by atoms with Gasteiger partial charge in [-0.2, -0.15) is 0 Å². The zero-order chi connectivity index (χ0) is 15.5. The van der Waals surface area contributed by atoms with Crippen LogP contribution in [-0.4, -0.2) is 27.8 Å². The summed E-state index contributed by atoms with van der Waals surface area (Å²) in [6.45, 7) is 5.83. The summed E-state index contributed by atoms with van der Waals surface area (Å²) in [7, 11) is 5.49. The molecule has 1 aliphatic carbocycles. The fraction of sp³-hybridized carbons (Fsp3) is 0.667. The van der Waals surface area contributed by atoms with Crippen molar-refractivity contribution in [3.63, 3.8) is 0 Å². The average molecular weight is 291 g/mol. The Morgan fingerprint density at radius 1 is 1.24 bits per heavy atom. The normalized spacial score (nSPS) is 24.6. The maximum absolute atomic E-state index is 5.64. The third kappa shape index (κ3) is 3.70. The number of benzene rings is 1. The van der Waals surface area contributed by atoms with Crippen molar-refractivity contribution in [3.05, 3.63) is 23.8 Å². The first-order valence-corrected chi connectivity index (χ1v) is 7.87. The average Bonchev–Trinajstić information content (AvgIpc) is 2.48. The summed E-state index contributed by atoms with van der Waals surface area (Å²) in [4.78, 5) is 0. The second-order valence-electron chi connectivity index (χ2n) is 6.94. The Morgan fingerprint density at radius 3 is 2.62 bits per heavy atom. The fourth-order valence-corrected chi connectivity index (χ4v) is 3.64. The van der Waals surface area contributed by atoms with Gasteiger partial charge in [-0.3, -0.25) is 0 Å². The minimum atomic E-state index is 0.403. The number of hydrogen-bond acceptors (Lipinski definition) is 3. The summed E-state index contributed by atoms with van der Waals surface area (Å²) < 4.78 is 11.0. The molecule has 21 heavy (non-hydrogen) atoms. The molecule has 2 unspecified atom stereocenters. The number of methoxy groups -OCH3 is 2. The van der Waals surface area contributed by atoms with Crippen LogP contribution in [0.15, 0.2) is 18.2 Å². The van der Waals surface area contributed by atoms with Crippen LogP contribution in [0.25, 0.3) is 0 Å². The molecule has 0 aliphatic heterocycles. The van der Waals surface area contributed by atoms with Crippen LogP contribution in [0.4, 0.5) is 0 Å². The molecule has 3 nitrogen and oxygen atoms in total. The highest BCUT2D eigenvalue weighted by Gasteiger charge is 2.36. The van der Waals surface area contributed by atoms with Gasteiger partial charge in [0.1, 0.15) is 11.5 Å². The second-order valence-corrected chi connectivity index (χ2v) is 6.94. The van der Waals surface area contributed by atoms with E-state index in [1.54, 1.807) is 14.2 Å². The van der Waals surface area contributed by atoms with E-state index < -0.39 is 0 Å². The molecule has 0 aromatic heterocycles. The Morgan fingerprint density at radius 2 is 2.00 bits per heavy atom. The molecule has 0 radical (unpaired) electrons. The van der Waals surface area contributed by atoms with Gasteiger partial charge in [-0.15, -0.1) is 0 Å². The van der Waals surface area contributed by atoms with Crippen molar-refractivity contribution >= 4 is 0 Å². The summed E-state index contributed by atoms with van der Waals surface area (Å²) in [5.41, 5.74) is 1.73. The summed E-state index contributed by atoms with van der Waals surface area (Å²) >= 11 is 0. The zero-order valence-electron chi connectivity index (χ0n) is 14.0. The van der Waals surface area contributed by atoms with Crippen LogP contribution in [0.1, 0.15) is 44.6 Å². The molecule has 1 N–H and O–H groups in total. The molecule has 1 saturated carbocycles. The van der Waals surface area contributed by atoms with E-state index in [-0.39, 0.29) is 0 Å². The highest BCUT2D eigenvalue weighted by molar-refractivity contribution is 5.43. The lowest BCUT2D eigenvalue weighted by molar-refractivity contribution is 0.159. The van der Waals surface area contributed by atoms with E-state index in [1.807, 2.05) is 13.1 Å². The number of ether oxygens (including phenoxy) is 2. The fourth-order valence-electron chi connectivity index (χ4n) is 3.64. The molecule has 0 spiro atoms. The predicted octanol–water partition coefficient (Wildman–Crippen LogP) is 3.83. The second kappa shape index (κ2) is 6.69. The Kier molecular flexibility index (Phi) is 5.15. The van der Waals surface area contributed by atoms with Crippen LogP contribution in [0.3, 0.4) is 0 Å². The summed E-state index contributed by atoms with van der Waals surface area (Å²) in [6, 6.07) is 6.25. The first kappa shape index (κ1) is 16.2. The topological polar surface area (TPSA) is 30.5 Å². The van der Waals surface area contributed by atoms with Crippen LogP contribution in [-0.2, 0) is 0 Å². The van der Waals surface area contributed by atoms with Crippen LogP contribution in [0.5, 0.6) is 11.5 Å². The molecule has 0 amide bonds. The first-order chi connectivity index (χ1) is 10.0. The third-order valence-corrected chi connectivity index (χ3v) is 4.84. The van der Waals surface area contributed by atoms with Crippen molar-refractivity contribution in [1.82, 2.24) is 5.32 Å². The lowest BCUT2D eigenvalue weighted by atomic mass is 9.65. The molecular formula is C18H29NO2. The molecule has 0 saturated heterocycles. The van der Waals surface area contributed by atoms with Crippen molar-refractivity contribution in [1.29, 1.82) is 0 Å². The minimum absolute atomic E-state index is 0.403. The van der Waals surface area contributed by atoms with Gasteiger partial charge in [0.2, 0.25) is 0 Å². The van der Waals surface area contributed by atoms with E-state index >= 15 is 0 Å². The maximum Gasteiger partial charge on any atom is 0.126 e. The molecule has 2 atom stereocenters. The number of hydrogen-bond donors (Lipinski definition) is 1. The standard InChI is InChI=1S/C18H29NO2/c1-18(2)9-8-13(12-19-3)16(11-18)15-7-6-14(20-4)10-17(15)21-5/h6-7,10,13,16,19H,8-9,11-12H2,1-5H3. The molecule has 118 valence electrons. The van der Waals surface area contributed by atoms with Gasteiger partial charge < -0.3 is 14.8 Å². The van der Waals surface area contributed by atoms with Crippen molar-refractivity contribution < 1.29 is 9.47 Å². The Hall–Kier alpha value is -1.22. The molecule has 1 fully saturated rings. The molecule has 1 aromatic carbocycles. The molecular weight excluding hydrogens is 262 g/mol. The Bertz CT molecular complexity index is 470. The monoisotopic (exact) mass is 291 g/mol. The van der Waals surface area contributed by atoms with Gasteiger partial charge in [-0.25, -0.2) is 0 Å². The van der Waals surface area contributed by atoms with Gasteiger partial charge in [0.25, 0.3) is 0 Å². The Labute approximate surface area is 129 Å².